The lowest BCUT2D eigenvalue weighted by atomic mass is 9.80. The largest absolute Gasteiger partial charge is 0.481 e. The van der Waals surface area contributed by atoms with Crippen molar-refractivity contribution in [3.8, 4) is 0 Å². The molecule has 0 aromatic heterocycles. The number of aliphatic carboxylic acids is 1. The zero-order valence-electron chi connectivity index (χ0n) is 27.4. The Morgan fingerprint density at radius 2 is 1.12 bits per heavy atom. The summed E-state index contributed by atoms with van der Waals surface area (Å²) >= 11 is 12.1. The van der Waals surface area contributed by atoms with E-state index < -0.39 is 11.6 Å². The van der Waals surface area contributed by atoms with Gasteiger partial charge in [-0.2, -0.15) is 0 Å². The highest BCUT2D eigenvalue weighted by molar-refractivity contribution is 6.21. The third-order valence-corrected chi connectivity index (χ3v) is 7.78. The molecule has 1 aliphatic heterocycles. The lowest BCUT2D eigenvalue weighted by Gasteiger charge is -2.32. The molecule has 2 aliphatic carbocycles. The fourth-order valence-electron chi connectivity index (χ4n) is 4.91. The van der Waals surface area contributed by atoms with Gasteiger partial charge < -0.3 is 25.6 Å². The van der Waals surface area contributed by atoms with Crippen LogP contribution >= 0.6 is 23.2 Å². The molecule has 3 aliphatic rings. The number of hydrogen-bond acceptors (Lipinski definition) is 7. The van der Waals surface area contributed by atoms with E-state index in [0.29, 0.717) is 11.8 Å². The SMILES string of the molecule is CC(=O)O.CC1CC(Cl)CCC1C(=O)OC(C)(C)C.CC1CCC(Cl)CC1C(=O)OC(C)(C)C.CN1CCCC1.N. The number of carboxylic acids is 1. The maximum absolute atomic E-state index is 11.9. The van der Waals surface area contributed by atoms with E-state index in [1.807, 2.05) is 41.5 Å². The third-order valence-electron chi connectivity index (χ3n) is 6.99. The number of carboxylic acid groups (broad SMARTS) is 1. The average Bonchev–Trinajstić information content (AvgIpc) is 3.24. The first-order valence-corrected chi connectivity index (χ1v) is 15.7. The second-order valence-electron chi connectivity index (χ2n) is 13.6. The number of alkyl halides is 2. The molecule has 1 saturated heterocycles. The predicted octanol–water partition coefficient (Wildman–Crippen LogP) is 7.71. The van der Waals surface area contributed by atoms with Crippen LogP contribution < -0.4 is 6.15 Å². The molecular weight excluding hydrogens is 567 g/mol. The smallest absolute Gasteiger partial charge is 0.309 e. The minimum absolute atomic E-state index is 0. The van der Waals surface area contributed by atoms with Crippen molar-refractivity contribution in [1.82, 2.24) is 11.1 Å². The maximum atomic E-state index is 11.9. The molecule has 3 fully saturated rings. The number of likely N-dealkylation sites (tertiary alicyclic amines) is 1. The molecule has 10 heteroatoms. The Morgan fingerprint density at radius 3 is 1.49 bits per heavy atom. The summed E-state index contributed by atoms with van der Waals surface area (Å²) in [7, 11) is 2.17. The van der Waals surface area contributed by atoms with Crippen LogP contribution in [0.4, 0.5) is 0 Å². The maximum Gasteiger partial charge on any atom is 0.309 e. The first-order valence-electron chi connectivity index (χ1n) is 14.8. The lowest BCUT2D eigenvalue weighted by molar-refractivity contribution is -0.164. The van der Waals surface area contributed by atoms with Crippen LogP contribution in [0.25, 0.3) is 0 Å². The van der Waals surface area contributed by atoms with Gasteiger partial charge >= 0.3 is 11.9 Å². The van der Waals surface area contributed by atoms with Gasteiger partial charge in [0.2, 0.25) is 0 Å². The predicted molar refractivity (Wildman–Crippen MR) is 169 cm³/mol. The van der Waals surface area contributed by atoms with Crippen LogP contribution in [0.3, 0.4) is 0 Å². The Bertz CT molecular complexity index is 759. The van der Waals surface area contributed by atoms with Gasteiger partial charge in [0.05, 0.1) is 11.8 Å². The summed E-state index contributed by atoms with van der Waals surface area (Å²) < 4.78 is 10.8. The Kier molecular flexibility index (Phi) is 20.5. The molecule has 41 heavy (non-hydrogen) atoms. The molecule has 0 amide bonds. The van der Waals surface area contributed by atoms with Gasteiger partial charge in [0.25, 0.3) is 5.97 Å². The third kappa shape index (κ3) is 21.3. The van der Waals surface area contributed by atoms with E-state index in [0.717, 1.165) is 45.4 Å². The quantitative estimate of drug-likeness (QED) is 0.235. The molecule has 6 unspecified atom stereocenters. The van der Waals surface area contributed by atoms with E-state index in [-0.39, 0.29) is 46.3 Å². The normalized spacial score (nSPS) is 28.1. The Labute approximate surface area is 260 Å². The van der Waals surface area contributed by atoms with E-state index in [9.17, 15) is 9.59 Å². The van der Waals surface area contributed by atoms with Crippen molar-refractivity contribution in [2.24, 2.45) is 23.7 Å². The zero-order chi connectivity index (χ0) is 31.3. The Balaban J connectivity index is 0. The van der Waals surface area contributed by atoms with Crippen LogP contribution in [0.1, 0.15) is 114 Å². The van der Waals surface area contributed by atoms with Crippen LogP contribution in [0.2, 0.25) is 0 Å². The Hall–Kier alpha value is -1.09. The molecule has 0 radical (unpaired) electrons. The number of carbonyl (C=O) groups is 3. The number of esters is 2. The second kappa shape index (κ2) is 20.0. The summed E-state index contributed by atoms with van der Waals surface area (Å²) in [6, 6.07) is 0. The average molecular weight is 628 g/mol. The van der Waals surface area contributed by atoms with Crippen molar-refractivity contribution in [2.75, 3.05) is 20.1 Å². The molecule has 0 spiro atoms. The molecule has 1 heterocycles. The first kappa shape index (κ1) is 42.0. The van der Waals surface area contributed by atoms with Crippen molar-refractivity contribution < 1.29 is 29.0 Å². The summed E-state index contributed by atoms with van der Waals surface area (Å²) in [5, 5.41) is 7.79. The van der Waals surface area contributed by atoms with Gasteiger partial charge in [-0.25, -0.2) is 0 Å². The lowest BCUT2D eigenvalue weighted by Crippen LogP contribution is -2.35. The molecular formula is C31H60Cl2N2O6. The van der Waals surface area contributed by atoms with Gasteiger partial charge in [0.15, 0.2) is 0 Å². The van der Waals surface area contributed by atoms with Crippen LogP contribution in [0, 0.1) is 23.7 Å². The van der Waals surface area contributed by atoms with Crippen molar-refractivity contribution in [2.45, 2.75) is 136 Å². The summed E-state index contributed by atoms with van der Waals surface area (Å²) in [6.07, 6.45) is 8.34. The highest BCUT2D eigenvalue weighted by Crippen LogP contribution is 2.35. The molecule has 0 aromatic rings. The standard InChI is InChI=1S/2C12H21ClO2.C5H11N.C2H4O2.H3N/c1-8-7-9(13)5-6-10(8)11(14)15-12(2,3)4;1-8-5-6-9(13)7-10(8)11(14)15-12(2,3)4;1-6-4-2-3-5-6;1-2(3)4;/h2*8-10H,5-7H2,1-4H3;2-5H2,1H3;1H3,(H,3,4);1H3. The summed E-state index contributed by atoms with van der Waals surface area (Å²) in [5.74, 6) is -0.204. The highest BCUT2D eigenvalue weighted by atomic mass is 35.5. The number of carbonyl (C=O) groups excluding carboxylic acids is 2. The molecule has 4 N–H and O–H groups in total. The highest BCUT2D eigenvalue weighted by Gasteiger charge is 2.35. The number of hydrogen-bond donors (Lipinski definition) is 2. The molecule has 6 atom stereocenters. The van der Waals surface area contributed by atoms with Crippen LogP contribution in [0.5, 0.6) is 0 Å². The topological polar surface area (TPSA) is 128 Å². The summed E-state index contributed by atoms with van der Waals surface area (Å²) in [5.41, 5.74) is -0.773. The summed E-state index contributed by atoms with van der Waals surface area (Å²) in [4.78, 5) is 35.1. The van der Waals surface area contributed by atoms with Crippen molar-refractivity contribution >= 4 is 41.1 Å². The molecule has 244 valence electrons. The number of ether oxygens (including phenoxy) is 2. The Morgan fingerprint density at radius 1 is 0.732 bits per heavy atom. The second-order valence-corrected chi connectivity index (χ2v) is 14.8. The number of halogens is 2. The minimum atomic E-state index is -0.833. The molecule has 0 bridgehead atoms. The van der Waals surface area contributed by atoms with Gasteiger partial charge in [0, 0.05) is 17.7 Å². The fourth-order valence-corrected chi connectivity index (χ4v) is 5.63. The van der Waals surface area contributed by atoms with Crippen LogP contribution in [-0.2, 0) is 23.9 Å². The molecule has 3 rings (SSSR count). The van der Waals surface area contributed by atoms with E-state index >= 15 is 0 Å². The zero-order valence-corrected chi connectivity index (χ0v) is 28.9. The molecule has 2 saturated carbocycles. The van der Waals surface area contributed by atoms with E-state index in [4.69, 9.17) is 42.6 Å². The van der Waals surface area contributed by atoms with Crippen molar-refractivity contribution in [1.29, 1.82) is 0 Å². The van der Waals surface area contributed by atoms with Crippen LogP contribution in [-0.4, -0.2) is 70.0 Å². The number of rotatable bonds is 2. The van der Waals surface area contributed by atoms with Gasteiger partial charge in [-0.1, -0.05) is 13.8 Å². The van der Waals surface area contributed by atoms with E-state index in [1.165, 1.54) is 25.9 Å². The van der Waals surface area contributed by atoms with Gasteiger partial charge in [-0.05, 0) is 125 Å². The molecule has 0 aromatic carbocycles. The van der Waals surface area contributed by atoms with Gasteiger partial charge in [-0.15, -0.1) is 23.2 Å². The monoisotopic (exact) mass is 626 g/mol. The minimum Gasteiger partial charge on any atom is -0.481 e. The summed E-state index contributed by atoms with van der Waals surface area (Å²) in [6.45, 7) is 19.3. The first-order chi connectivity index (χ1) is 18.2. The molecule has 8 nitrogen and oxygen atoms in total. The number of nitrogens with zero attached hydrogens (tertiary/aromatic N) is 1. The van der Waals surface area contributed by atoms with E-state index in [2.05, 4.69) is 25.8 Å². The van der Waals surface area contributed by atoms with Gasteiger partial charge in [0.1, 0.15) is 11.2 Å². The van der Waals surface area contributed by atoms with Gasteiger partial charge in [-0.3, -0.25) is 14.4 Å². The van der Waals surface area contributed by atoms with E-state index in [1.54, 1.807) is 0 Å². The fraction of sp³-hybridized carbons (Fsp3) is 0.903. The van der Waals surface area contributed by atoms with Crippen molar-refractivity contribution in [3.63, 3.8) is 0 Å². The van der Waals surface area contributed by atoms with Crippen LogP contribution in [0.15, 0.2) is 0 Å². The van der Waals surface area contributed by atoms with Crippen molar-refractivity contribution in [3.05, 3.63) is 0 Å².